The zero-order valence-corrected chi connectivity index (χ0v) is 11.6. The minimum atomic E-state index is 0.176. The molecule has 19 heavy (non-hydrogen) atoms. The first-order valence-electron chi connectivity index (χ1n) is 6.69. The van der Waals surface area contributed by atoms with Crippen molar-refractivity contribution in [3.05, 3.63) is 5.28 Å². The summed E-state index contributed by atoms with van der Waals surface area (Å²) in [5.74, 6) is 0.589. The fraction of sp³-hybridized carbons (Fsp3) is 0.750. The van der Waals surface area contributed by atoms with Crippen LogP contribution in [0.4, 0.5) is 5.95 Å². The minimum absolute atomic E-state index is 0.176. The molecule has 1 aromatic heterocycles. The van der Waals surface area contributed by atoms with E-state index in [2.05, 4.69) is 19.9 Å². The zero-order valence-electron chi connectivity index (χ0n) is 10.9. The molecule has 0 amide bonds. The van der Waals surface area contributed by atoms with E-state index in [0.717, 1.165) is 32.4 Å². The maximum Gasteiger partial charge on any atom is 0.322 e. The molecule has 2 unspecified atom stereocenters. The molecule has 7 heteroatoms. The van der Waals surface area contributed by atoms with Crippen molar-refractivity contribution in [1.82, 2.24) is 15.0 Å². The average Bonchev–Trinajstić information content (AvgIpc) is 2.74. The van der Waals surface area contributed by atoms with E-state index < -0.39 is 0 Å². The minimum Gasteiger partial charge on any atom is -0.463 e. The molecule has 6 nitrogen and oxygen atoms in total. The van der Waals surface area contributed by atoms with E-state index in [0.29, 0.717) is 18.6 Å². The number of nitrogens with zero attached hydrogens (tertiary/aromatic N) is 4. The van der Waals surface area contributed by atoms with Crippen LogP contribution in [0.25, 0.3) is 0 Å². The Morgan fingerprint density at radius 1 is 1.26 bits per heavy atom. The molecule has 2 bridgehead atoms. The average molecular weight is 285 g/mol. The van der Waals surface area contributed by atoms with Gasteiger partial charge in [-0.2, -0.15) is 15.0 Å². The van der Waals surface area contributed by atoms with Gasteiger partial charge in [-0.15, -0.1) is 0 Å². The number of anilines is 1. The summed E-state index contributed by atoms with van der Waals surface area (Å²) >= 11 is 5.94. The predicted molar refractivity (Wildman–Crippen MR) is 70.7 cm³/mol. The first kappa shape index (κ1) is 12.9. The smallest absolute Gasteiger partial charge is 0.322 e. The number of halogens is 1. The fourth-order valence-electron chi connectivity index (χ4n) is 2.50. The van der Waals surface area contributed by atoms with Gasteiger partial charge in [0.05, 0.1) is 18.8 Å². The van der Waals surface area contributed by atoms with Crippen LogP contribution in [-0.2, 0) is 4.74 Å². The zero-order chi connectivity index (χ0) is 13.2. The van der Waals surface area contributed by atoms with Gasteiger partial charge < -0.3 is 14.4 Å². The lowest BCUT2D eigenvalue weighted by Gasteiger charge is -2.32. The number of aromatic nitrogens is 3. The summed E-state index contributed by atoms with van der Waals surface area (Å²) in [6.45, 7) is 4.23. The Labute approximate surface area is 117 Å². The normalized spacial score (nSPS) is 25.7. The number of rotatable bonds is 4. The molecule has 2 fully saturated rings. The van der Waals surface area contributed by atoms with Crippen molar-refractivity contribution in [3.8, 4) is 6.01 Å². The Hall–Kier alpha value is -1.14. The van der Waals surface area contributed by atoms with E-state index in [1.807, 2.05) is 6.92 Å². The third-order valence-corrected chi connectivity index (χ3v) is 3.51. The molecule has 104 valence electrons. The summed E-state index contributed by atoms with van der Waals surface area (Å²) in [5, 5.41) is 0.176. The molecule has 0 aliphatic carbocycles. The Morgan fingerprint density at radius 2 is 2.00 bits per heavy atom. The number of morpholine rings is 1. The van der Waals surface area contributed by atoms with Crippen molar-refractivity contribution in [2.75, 3.05) is 24.6 Å². The van der Waals surface area contributed by atoms with Gasteiger partial charge in [0, 0.05) is 13.1 Å². The second-order valence-electron chi connectivity index (χ2n) is 4.90. The number of fused-ring (bicyclic) bond motifs is 2. The third-order valence-electron chi connectivity index (χ3n) is 3.34. The van der Waals surface area contributed by atoms with Gasteiger partial charge in [0.25, 0.3) is 0 Å². The van der Waals surface area contributed by atoms with Crippen molar-refractivity contribution in [3.63, 3.8) is 0 Å². The van der Waals surface area contributed by atoms with Crippen LogP contribution < -0.4 is 9.64 Å². The van der Waals surface area contributed by atoms with Gasteiger partial charge in [-0.1, -0.05) is 6.92 Å². The topological polar surface area (TPSA) is 60.4 Å². The van der Waals surface area contributed by atoms with Crippen LogP contribution >= 0.6 is 11.6 Å². The van der Waals surface area contributed by atoms with E-state index in [1.165, 1.54) is 0 Å². The molecule has 2 aliphatic heterocycles. The summed E-state index contributed by atoms with van der Waals surface area (Å²) < 4.78 is 11.2. The molecule has 0 aromatic carbocycles. The summed E-state index contributed by atoms with van der Waals surface area (Å²) in [7, 11) is 0. The molecular weight excluding hydrogens is 268 g/mol. The number of ether oxygens (including phenoxy) is 2. The van der Waals surface area contributed by atoms with Gasteiger partial charge in [0.2, 0.25) is 11.2 Å². The molecule has 0 spiro atoms. The molecular formula is C12H17ClN4O2. The second kappa shape index (κ2) is 5.46. The number of hydrogen-bond donors (Lipinski definition) is 0. The largest absolute Gasteiger partial charge is 0.463 e. The second-order valence-corrected chi connectivity index (χ2v) is 5.24. The van der Waals surface area contributed by atoms with Crippen LogP contribution in [0, 0.1) is 0 Å². The molecule has 3 rings (SSSR count). The van der Waals surface area contributed by atoms with Crippen LogP contribution in [0.3, 0.4) is 0 Å². The first-order valence-corrected chi connectivity index (χ1v) is 7.07. The summed E-state index contributed by atoms with van der Waals surface area (Å²) in [6.07, 6.45) is 3.70. The van der Waals surface area contributed by atoms with Gasteiger partial charge >= 0.3 is 6.01 Å². The van der Waals surface area contributed by atoms with Crippen molar-refractivity contribution in [2.24, 2.45) is 0 Å². The van der Waals surface area contributed by atoms with E-state index in [1.54, 1.807) is 0 Å². The molecule has 0 saturated carbocycles. The quantitative estimate of drug-likeness (QED) is 0.838. The van der Waals surface area contributed by atoms with Crippen LogP contribution in [0.1, 0.15) is 26.2 Å². The molecule has 2 atom stereocenters. The van der Waals surface area contributed by atoms with Crippen molar-refractivity contribution < 1.29 is 9.47 Å². The van der Waals surface area contributed by atoms with Crippen molar-refractivity contribution in [1.29, 1.82) is 0 Å². The van der Waals surface area contributed by atoms with Crippen LogP contribution in [-0.4, -0.2) is 46.9 Å². The first-order chi connectivity index (χ1) is 9.24. The van der Waals surface area contributed by atoms with Crippen LogP contribution in [0.15, 0.2) is 0 Å². The lowest BCUT2D eigenvalue weighted by Crippen LogP contribution is -2.43. The lowest BCUT2D eigenvalue weighted by molar-refractivity contribution is 0.0298. The monoisotopic (exact) mass is 284 g/mol. The number of hydrogen-bond acceptors (Lipinski definition) is 6. The Bertz CT molecular complexity index is 447. The highest BCUT2D eigenvalue weighted by atomic mass is 35.5. The third kappa shape index (κ3) is 2.90. The van der Waals surface area contributed by atoms with E-state index in [-0.39, 0.29) is 17.5 Å². The van der Waals surface area contributed by atoms with E-state index in [4.69, 9.17) is 21.1 Å². The lowest BCUT2D eigenvalue weighted by atomic mass is 10.2. The van der Waals surface area contributed by atoms with E-state index >= 15 is 0 Å². The standard InChI is InChI=1S/C12H17ClN4O2/c1-2-5-18-12-15-10(13)14-11(16-12)17-6-8-3-4-9(7-17)19-8/h8-9H,2-7H2,1H3. The van der Waals surface area contributed by atoms with Crippen LogP contribution in [0.2, 0.25) is 5.28 Å². The van der Waals surface area contributed by atoms with Gasteiger partial charge in [0.1, 0.15) is 0 Å². The SMILES string of the molecule is CCCOc1nc(Cl)nc(N2CC3CCC(C2)O3)n1. The summed E-state index contributed by atoms with van der Waals surface area (Å²) in [5.41, 5.74) is 0. The molecule has 1 aromatic rings. The Kier molecular flexibility index (Phi) is 3.70. The maximum atomic E-state index is 5.94. The van der Waals surface area contributed by atoms with Gasteiger partial charge in [0.15, 0.2) is 0 Å². The summed E-state index contributed by atoms with van der Waals surface area (Å²) in [4.78, 5) is 14.6. The predicted octanol–water partition coefficient (Wildman–Crippen LogP) is 1.68. The molecule has 3 heterocycles. The van der Waals surface area contributed by atoms with Crippen molar-refractivity contribution >= 4 is 17.5 Å². The molecule has 0 N–H and O–H groups in total. The molecule has 2 aliphatic rings. The summed E-state index contributed by atoms with van der Waals surface area (Å²) in [6, 6.07) is 0.302. The Morgan fingerprint density at radius 3 is 2.68 bits per heavy atom. The molecule has 2 saturated heterocycles. The van der Waals surface area contributed by atoms with E-state index in [9.17, 15) is 0 Å². The van der Waals surface area contributed by atoms with Crippen LogP contribution in [0.5, 0.6) is 6.01 Å². The fourth-order valence-corrected chi connectivity index (χ4v) is 2.65. The highest BCUT2D eigenvalue weighted by Crippen LogP contribution is 2.28. The highest BCUT2D eigenvalue weighted by Gasteiger charge is 2.35. The van der Waals surface area contributed by atoms with Gasteiger partial charge in [-0.3, -0.25) is 0 Å². The Balaban J connectivity index is 1.77. The molecule has 0 radical (unpaired) electrons. The van der Waals surface area contributed by atoms with Gasteiger partial charge in [-0.05, 0) is 30.9 Å². The highest BCUT2D eigenvalue weighted by molar-refractivity contribution is 6.28. The van der Waals surface area contributed by atoms with Crippen molar-refractivity contribution in [2.45, 2.75) is 38.4 Å². The van der Waals surface area contributed by atoms with Gasteiger partial charge in [-0.25, -0.2) is 0 Å². The maximum absolute atomic E-state index is 5.94.